The summed E-state index contributed by atoms with van der Waals surface area (Å²) in [5.74, 6) is -0.894. The number of aromatic nitrogens is 5. The molecule has 2 N–H and O–H groups in total. The van der Waals surface area contributed by atoms with Crippen molar-refractivity contribution in [3.8, 4) is 5.75 Å². The fourth-order valence-electron chi connectivity index (χ4n) is 4.56. The molecule has 1 saturated heterocycles. The van der Waals surface area contributed by atoms with Gasteiger partial charge < -0.3 is 18.9 Å². The molecule has 1 aliphatic heterocycles. The van der Waals surface area contributed by atoms with Crippen LogP contribution in [0.15, 0.2) is 64.0 Å². The van der Waals surface area contributed by atoms with Gasteiger partial charge in [-0.15, -0.1) is 11.3 Å². The molecule has 0 unspecified atom stereocenters. The predicted octanol–water partition coefficient (Wildman–Crippen LogP) is 1.55. The number of carbonyl (C=O) groups is 3. The summed E-state index contributed by atoms with van der Waals surface area (Å²) < 4.78 is 39.1. The van der Waals surface area contributed by atoms with Crippen molar-refractivity contribution in [1.29, 1.82) is 0 Å². The number of anilines is 1. The van der Waals surface area contributed by atoms with E-state index < -0.39 is 40.0 Å². The van der Waals surface area contributed by atoms with Crippen LogP contribution in [-0.4, -0.2) is 86.8 Å². The van der Waals surface area contributed by atoms with Gasteiger partial charge in [-0.25, -0.2) is 19.1 Å². The fraction of sp³-hybridized carbons (Fsp3) is 0.222. The van der Waals surface area contributed by atoms with Crippen LogP contribution in [0.25, 0.3) is 21.4 Å². The minimum atomic E-state index is -4.20. The number of benzene rings is 2. The molecule has 0 spiro atoms. The number of imidazole rings is 1. The molecule has 0 bridgehead atoms. The monoisotopic (exact) mass is 652 g/mol. The van der Waals surface area contributed by atoms with Gasteiger partial charge in [-0.2, -0.15) is 13.4 Å². The maximum absolute atomic E-state index is 13.2. The Morgan fingerprint density at radius 3 is 2.58 bits per heavy atom. The lowest BCUT2D eigenvalue weighted by Gasteiger charge is -2.33. The first-order valence-corrected chi connectivity index (χ1v) is 15.6. The van der Waals surface area contributed by atoms with Gasteiger partial charge in [0.2, 0.25) is 16.2 Å². The number of thiazole rings is 1. The van der Waals surface area contributed by atoms with Crippen LogP contribution in [0, 0.1) is 0 Å². The standard InChI is InChI=1S/C27H24N8O8S2/c1-42-17-8-6-16(7-9-17)14-43-26(39)32-25-30-23-22(24(38)31-25)28-15-34(23)12-20(36)33-10-11-35(21(37)13-33)45(40,41)27-29-18-4-2-3-5-19(18)44-27/h2-9,15H,10-14H2,1H3,(H2,30,31,32,38,39). The number of rotatable bonds is 8. The number of hydrogen-bond acceptors (Lipinski definition) is 12. The van der Waals surface area contributed by atoms with Crippen molar-refractivity contribution in [1.82, 2.24) is 33.7 Å². The molecule has 3 amide bonds. The number of aromatic amines is 1. The van der Waals surface area contributed by atoms with Crippen molar-refractivity contribution >= 4 is 66.6 Å². The highest BCUT2D eigenvalue weighted by atomic mass is 32.2. The molecule has 6 rings (SSSR count). The summed E-state index contributed by atoms with van der Waals surface area (Å²) in [6.45, 7) is -1.19. The first kappa shape index (κ1) is 29.7. The minimum Gasteiger partial charge on any atom is -0.497 e. The summed E-state index contributed by atoms with van der Waals surface area (Å²) in [7, 11) is -2.67. The van der Waals surface area contributed by atoms with Crippen LogP contribution in [0.3, 0.4) is 0 Å². The Kier molecular flexibility index (Phi) is 7.90. The highest BCUT2D eigenvalue weighted by Gasteiger charge is 2.37. The number of nitrogens with one attached hydrogen (secondary N) is 2. The molecular formula is C27H24N8O8S2. The maximum atomic E-state index is 13.2. The van der Waals surface area contributed by atoms with Crippen LogP contribution >= 0.6 is 11.3 Å². The zero-order valence-corrected chi connectivity index (χ0v) is 25.1. The third-order valence-corrected chi connectivity index (χ3v) is 10.1. The summed E-state index contributed by atoms with van der Waals surface area (Å²) >= 11 is 0.962. The van der Waals surface area contributed by atoms with E-state index in [0.717, 1.165) is 15.6 Å². The van der Waals surface area contributed by atoms with E-state index in [0.29, 0.717) is 21.5 Å². The normalized spacial score (nSPS) is 13.8. The largest absolute Gasteiger partial charge is 0.497 e. The third-order valence-electron chi connectivity index (χ3n) is 6.84. The highest BCUT2D eigenvalue weighted by Crippen LogP contribution is 2.28. The Morgan fingerprint density at radius 2 is 1.84 bits per heavy atom. The molecule has 3 aromatic heterocycles. The van der Waals surface area contributed by atoms with Crippen molar-refractivity contribution in [3.05, 3.63) is 70.8 Å². The summed E-state index contributed by atoms with van der Waals surface area (Å²) in [4.78, 5) is 67.0. The van der Waals surface area contributed by atoms with Crippen LogP contribution in [0.4, 0.5) is 10.7 Å². The van der Waals surface area contributed by atoms with Gasteiger partial charge in [-0.3, -0.25) is 24.7 Å². The summed E-state index contributed by atoms with van der Waals surface area (Å²) in [6.07, 6.45) is 0.347. The van der Waals surface area contributed by atoms with Crippen LogP contribution in [-0.2, 0) is 37.5 Å². The van der Waals surface area contributed by atoms with Gasteiger partial charge >= 0.3 is 6.09 Å². The van der Waals surface area contributed by atoms with Gasteiger partial charge in [0.25, 0.3) is 21.5 Å². The van der Waals surface area contributed by atoms with Gasteiger partial charge in [-0.1, -0.05) is 24.3 Å². The SMILES string of the molecule is COc1ccc(COC(=O)Nc2nc3c(ncn3CC(=O)N3CCN(S(=O)(=O)c4nc5ccccc5s4)C(=O)C3)c(=O)[nH]2)cc1. The number of methoxy groups -OCH3 is 1. The molecule has 232 valence electrons. The van der Waals surface area contributed by atoms with Gasteiger partial charge in [0.1, 0.15) is 25.4 Å². The van der Waals surface area contributed by atoms with Crippen molar-refractivity contribution in [2.75, 3.05) is 32.1 Å². The Hall–Kier alpha value is -5.36. The minimum absolute atomic E-state index is 0.000862. The van der Waals surface area contributed by atoms with E-state index in [4.69, 9.17) is 9.47 Å². The highest BCUT2D eigenvalue weighted by molar-refractivity contribution is 7.91. The van der Waals surface area contributed by atoms with Crippen molar-refractivity contribution in [2.45, 2.75) is 17.5 Å². The molecule has 16 nitrogen and oxygen atoms in total. The number of H-pyrrole nitrogens is 1. The quantitative estimate of drug-likeness (QED) is 0.247. The second-order valence-corrected chi connectivity index (χ2v) is 12.8. The number of nitrogens with zero attached hydrogens (tertiary/aromatic N) is 6. The molecule has 0 atom stereocenters. The fourth-order valence-corrected chi connectivity index (χ4v) is 7.27. The Balaban J connectivity index is 1.10. The lowest BCUT2D eigenvalue weighted by Crippen LogP contribution is -2.54. The number of hydrogen-bond donors (Lipinski definition) is 2. The molecule has 0 saturated carbocycles. The predicted molar refractivity (Wildman–Crippen MR) is 160 cm³/mol. The number of carbonyl (C=O) groups excluding carboxylic acids is 3. The van der Waals surface area contributed by atoms with E-state index in [2.05, 4.69) is 25.3 Å². The molecule has 1 fully saturated rings. The van der Waals surface area contributed by atoms with Crippen molar-refractivity contribution < 1.29 is 32.3 Å². The first-order valence-electron chi connectivity index (χ1n) is 13.3. The van der Waals surface area contributed by atoms with E-state index in [1.54, 1.807) is 48.5 Å². The molecule has 5 aromatic rings. The van der Waals surface area contributed by atoms with E-state index in [1.807, 2.05) is 0 Å². The number of sulfonamides is 1. The van der Waals surface area contributed by atoms with E-state index in [-0.39, 0.29) is 47.7 Å². The molecule has 4 heterocycles. The van der Waals surface area contributed by atoms with Crippen molar-refractivity contribution in [2.24, 2.45) is 0 Å². The van der Waals surface area contributed by atoms with Crippen molar-refractivity contribution in [3.63, 3.8) is 0 Å². The molecular weight excluding hydrogens is 628 g/mol. The molecule has 0 aliphatic carbocycles. The Morgan fingerprint density at radius 1 is 1.07 bits per heavy atom. The summed E-state index contributed by atoms with van der Waals surface area (Å²) in [6, 6.07) is 13.8. The average molecular weight is 653 g/mol. The zero-order valence-electron chi connectivity index (χ0n) is 23.5. The number of piperazine rings is 1. The van der Waals surface area contributed by atoms with Crippen LogP contribution in [0.2, 0.25) is 0 Å². The zero-order chi connectivity index (χ0) is 31.7. The van der Waals surface area contributed by atoms with Gasteiger partial charge in [-0.05, 0) is 29.8 Å². The van der Waals surface area contributed by atoms with E-state index >= 15 is 0 Å². The van der Waals surface area contributed by atoms with Gasteiger partial charge in [0, 0.05) is 6.54 Å². The maximum Gasteiger partial charge on any atom is 0.414 e. The first-order chi connectivity index (χ1) is 21.6. The Bertz CT molecular complexity index is 2070. The molecule has 45 heavy (non-hydrogen) atoms. The summed E-state index contributed by atoms with van der Waals surface area (Å²) in [5.41, 5.74) is 0.462. The number of para-hydroxylation sites is 1. The number of amides is 3. The lowest BCUT2D eigenvalue weighted by atomic mass is 10.2. The average Bonchev–Trinajstić information content (AvgIpc) is 3.65. The number of ether oxygens (including phenoxy) is 2. The van der Waals surface area contributed by atoms with Crippen LogP contribution in [0.1, 0.15) is 5.56 Å². The summed E-state index contributed by atoms with van der Waals surface area (Å²) in [5, 5.41) is 2.35. The second-order valence-electron chi connectivity index (χ2n) is 9.74. The van der Waals surface area contributed by atoms with E-state index in [9.17, 15) is 27.6 Å². The molecule has 2 aromatic carbocycles. The second kappa shape index (κ2) is 12.0. The van der Waals surface area contributed by atoms with Crippen LogP contribution < -0.4 is 15.6 Å². The lowest BCUT2D eigenvalue weighted by molar-refractivity contribution is -0.142. The number of fused-ring (bicyclic) bond motifs is 2. The Labute approximate surface area is 258 Å². The van der Waals surface area contributed by atoms with E-state index in [1.165, 1.54) is 22.9 Å². The smallest absolute Gasteiger partial charge is 0.414 e. The van der Waals surface area contributed by atoms with Gasteiger partial charge in [0.05, 0.1) is 30.2 Å². The molecule has 0 radical (unpaired) electrons. The third kappa shape index (κ3) is 6.04. The molecule has 18 heteroatoms. The molecule has 1 aliphatic rings. The van der Waals surface area contributed by atoms with Crippen LogP contribution in [0.5, 0.6) is 5.75 Å². The topological polar surface area (TPSA) is 199 Å². The van der Waals surface area contributed by atoms with Gasteiger partial charge in [0.15, 0.2) is 11.2 Å².